The van der Waals surface area contributed by atoms with Gasteiger partial charge >= 0.3 is 0 Å². The van der Waals surface area contributed by atoms with Crippen LogP contribution in [0.2, 0.25) is 0 Å². The van der Waals surface area contributed by atoms with Crippen LogP contribution in [0.3, 0.4) is 0 Å². The van der Waals surface area contributed by atoms with Crippen LogP contribution >= 0.6 is 38.5 Å². The second-order valence-electron chi connectivity index (χ2n) is 2.59. The van der Waals surface area contributed by atoms with Gasteiger partial charge in [0.05, 0.1) is 5.69 Å². The number of nitrogens with zero attached hydrogens (tertiary/aromatic N) is 1. The minimum atomic E-state index is 0.958. The Morgan fingerprint density at radius 3 is 3.08 bits per heavy atom. The number of pyridine rings is 1. The number of aromatic amines is 1. The Kier molecular flexibility index (Phi) is 2.12. The van der Waals surface area contributed by atoms with Crippen molar-refractivity contribution >= 4 is 49.6 Å². The van der Waals surface area contributed by atoms with Crippen LogP contribution in [0.15, 0.2) is 16.7 Å². The van der Waals surface area contributed by atoms with Gasteiger partial charge in [-0.3, -0.25) is 0 Å². The van der Waals surface area contributed by atoms with Gasteiger partial charge in [0.25, 0.3) is 0 Å². The molecule has 0 aliphatic rings. The van der Waals surface area contributed by atoms with Gasteiger partial charge in [0, 0.05) is 19.6 Å². The van der Waals surface area contributed by atoms with E-state index in [0.717, 1.165) is 15.8 Å². The summed E-state index contributed by atoms with van der Waals surface area (Å²) in [5, 5.41) is 1.17. The largest absolute Gasteiger partial charge is 0.345 e. The Hall–Kier alpha value is -0.100. The van der Waals surface area contributed by atoms with Gasteiger partial charge in [0.15, 0.2) is 0 Å². The summed E-state index contributed by atoms with van der Waals surface area (Å²) < 4.78 is 2.27. The van der Waals surface area contributed by atoms with Crippen molar-refractivity contribution in [2.24, 2.45) is 0 Å². The molecule has 2 aromatic heterocycles. The van der Waals surface area contributed by atoms with E-state index in [-0.39, 0.29) is 0 Å². The topological polar surface area (TPSA) is 28.7 Å². The van der Waals surface area contributed by atoms with Crippen molar-refractivity contribution in [3.05, 3.63) is 26.0 Å². The number of rotatable bonds is 0. The molecule has 2 heterocycles. The maximum atomic E-state index is 4.39. The quantitative estimate of drug-likeness (QED) is 0.735. The van der Waals surface area contributed by atoms with Crippen molar-refractivity contribution in [2.75, 3.05) is 0 Å². The van der Waals surface area contributed by atoms with E-state index in [1.54, 1.807) is 0 Å². The van der Waals surface area contributed by atoms with Gasteiger partial charge in [-0.05, 0) is 51.5 Å². The molecule has 12 heavy (non-hydrogen) atoms. The monoisotopic (exact) mass is 336 g/mol. The van der Waals surface area contributed by atoms with Crippen LogP contribution in [0.4, 0.5) is 0 Å². The number of nitrogens with one attached hydrogen (secondary N) is 1. The van der Waals surface area contributed by atoms with E-state index >= 15 is 0 Å². The predicted molar refractivity (Wildman–Crippen MR) is 61.2 cm³/mol. The number of hydrogen-bond donors (Lipinski definition) is 1. The number of H-pyrrole nitrogens is 1. The van der Waals surface area contributed by atoms with Crippen LogP contribution in [0.5, 0.6) is 0 Å². The van der Waals surface area contributed by atoms with Gasteiger partial charge < -0.3 is 4.98 Å². The number of hydrogen-bond acceptors (Lipinski definition) is 1. The number of aromatic nitrogens is 2. The number of fused-ring (bicyclic) bond motifs is 1. The maximum Gasteiger partial charge on any atom is 0.138 e. The molecule has 0 aromatic carbocycles. The first-order valence-corrected chi connectivity index (χ1v) is 5.35. The standard InChI is InChI=1S/C8H6BrIN2/c1-4-6(9)2-5-7(10)3-11-8(5)12-4/h2-3H,1H3,(H,11,12). The van der Waals surface area contributed by atoms with E-state index in [0.29, 0.717) is 0 Å². The summed E-state index contributed by atoms with van der Waals surface area (Å²) in [5.74, 6) is 0. The summed E-state index contributed by atoms with van der Waals surface area (Å²) in [5.41, 5.74) is 1.97. The van der Waals surface area contributed by atoms with E-state index in [2.05, 4.69) is 54.6 Å². The minimum Gasteiger partial charge on any atom is -0.345 e. The third-order valence-electron chi connectivity index (χ3n) is 1.74. The molecule has 0 spiro atoms. The summed E-state index contributed by atoms with van der Waals surface area (Å²) in [6.45, 7) is 1.98. The van der Waals surface area contributed by atoms with Crippen LogP contribution < -0.4 is 0 Å². The Labute approximate surface area is 92.0 Å². The summed E-state index contributed by atoms with van der Waals surface area (Å²) >= 11 is 5.75. The van der Waals surface area contributed by atoms with Crippen molar-refractivity contribution in [2.45, 2.75) is 6.92 Å². The first-order valence-electron chi connectivity index (χ1n) is 3.48. The second kappa shape index (κ2) is 2.99. The molecular formula is C8H6BrIN2. The molecule has 0 radical (unpaired) electrons. The highest BCUT2D eigenvalue weighted by molar-refractivity contribution is 14.1. The molecule has 1 N–H and O–H groups in total. The lowest BCUT2D eigenvalue weighted by atomic mass is 10.3. The fourth-order valence-electron chi connectivity index (χ4n) is 1.08. The van der Waals surface area contributed by atoms with Crippen molar-refractivity contribution < 1.29 is 0 Å². The van der Waals surface area contributed by atoms with Crippen molar-refractivity contribution in [1.82, 2.24) is 9.97 Å². The van der Waals surface area contributed by atoms with Crippen molar-refractivity contribution in [3.63, 3.8) is 0 Å². The highest BCUT2D eigenvalue weighted by Gasteiger charge is 2.04. The molecule has 0 aliphatic carbocycles. The Morgan fingerprint density at radius 2 is 2.33 bits per heavy atom. The van der Waals surface area contributed by atoms with Crippen LogP contribution in [0.25, 0.3) is 11.0 Å². The molecule has 0 saturated carbocycles. The van der Waals surface area contributed by atoms with Gasteiger partial charge in [0.1, 0.15) is 5.65 Å². The Bertz CT molecular complexity index is 436. The van der Waals surface area contributed by atoms with E-state index in [9.17, 15) is 0 Å². The van der Waals surface area contributed by atoms with Gasteiger partial charge in [0.2, 0.25) is 0 Å². The third-order valence-corrected chi connectivity index (χ3v) is 3.44. The number of aryl methyl sites for hydroxylation is 1. The zero-order valence-corrected chi connectivity index (χ0v) is 10.1. The molecular weight excluding hydrogens is 331 g/mol. The zero-order chi connectivity index (χ0) is 8.72. The maximum absolute atomic E-state index is 4.39. The lowest BCUT2D eigenvalue weighted by Gasteiger charge is -1.96. The fourth-order valence-corrected chi connectivity index (χ4v) is 1.97. The molecule has 62 valence electrons. The Morgan fingerprint density at radius 1 is 1.58 bits per heavy atom. The van der Waals surface area contributed by atoms with Crippen molar-refractivity contribution in [3.8, 4) is 0 Å². The van der Waals surface area contributed by atoms with Crippen LogP contribution in [-0.2, 0) is 0 Å². The van der Waals surface area contributed by atoms with Crippen LogP contribution in [-0.4, -0.2) is 9.97 Å². The fraction of sp³-hybridized carbons (Fsp3) is 0.125. The van der Waals surface area contributed by atoms with Gasteiger partial charge in [-0.2, -0.15) is 0 Å². The van der Waals surface area contributed by atoms with Gasteiger partial charge in [-0.15, -0.1) is 0 Å². The number of halogens is 2. The molecule has 0 amide bonds. The summed E-state index contributed by atoms with van der Waals surface area (Å²) in [6, 6.07) is 2.09. The zero-order valence-electron chi connectivity index (χ0n) is 6.36. The molecule has 0 aliphatic heterocycles. The SMILES string of the molecule is Cc1nc2[nH]cc(I)c2cc1Br. The highest BCUT2D eigenvalue weighted by Crippen LogP contribution is 2.24. The smallest absolute Gasteiger partial charge is 0.138 e. The van der Waals surface area contributed by atoms with E-state index in [4.69, 9.17) is 0 Å². The Balaban J connectivity index is 2.87. The van der Waals surface area contributed by atoms with Crippen LogP contribution in [0, 0.1) is 10.5 Å². The van der Waals surface area contributed by atoms with Crippen LogP contribution in [0.1, 0.15) is 5.69 Å². The average Bonchev–Trinajstić information content (AvgIpc) is 2.35. The predicted octanol–water partition coefficient (Wildman–Crippen LogP) is 3.24. The molecule has 0 saturated heterocycles. The van der Waals surface area contributed by atoms with Crippen molar-refractivity contribution in [1.29, 1.82) is 0 Å². The van der Waals surface area contributed by atoms with E-state index in [1.807, 2.05) is 13.1 Å². The summed E-state index contributed by atoms with van der Waals surface area (Å²) in [6.07, 6.45) is 1.96. The molecule has 0 unspecified atom stereocenters. The second-order valence-corrected chi connectivity index (χ2v) is 4.60. The van der Waals surface area contributed by atoms with Gasteiger partial charge in [-0.25, -0.2) is 4.98 Å². The molecule has 4 heteroatoms. The summed E-state index contributed by atoms with van der Waals surface area (Å²) in [7, 11) is 0. The first-order chi connectivity index (χ1) is 5.68. The molecule has 0 fully saturated rings. The molecule has 0 bridgehead atoms. The van der Waals surface area contributed by atoms with E-state index < -0.39 is 0 Å². The van der Waals surface area contributed by atoms with Gasteiger partial charge in [-0.1, -0.05) is 0 Å². The lowest BCUT2D eigenvalue weighted by Crippen LogP contribution is -1.83. The minimum absolute atomic E-state index is 0.958. The highest BCUT2D eigenvalue weighted by atomic mass is 127. The molecule has 0 atom stereocenters. The van der Waals surface area contributed by atoms with E-state index in [1.165, 1.54) is 8.96 Å². The normalized spacial score (nSPS) is 10.9. The molecule has 2 aromatic rings. The molecule has 2 rings (SSSR count). The first kappa shape index (κ1) is 8.50. The molecule has 2 nitrogen and oxygen atoms in total. The third kappa shape index (κ3) is 1.26. The average molecular weight is 337 g/mol. The lowest BCUT2D eigenvalue weighted by molar-refractivity contribution is 1.20. The summed E-state index contributed by atoms with van der Waals surface area (Å²) in [4.78, 5) is 7.51.